The third-order valence-electron chi connectivity index (χ3n) is 6.66. The monoisotopic (exact) mass is 516 g/mol. The predicted molar refractivity (Wildman–Crippen MR) is 148 cm³/mol. The molecule has 9 heteroatoms. The van der Waals surface area contributed by atoms with Gasteiger partial charge in [-0.05, 0) is 43.7 Å². The van der Waals surface area contributed by atoms with Gasteiger partial charge >= 0.3 is 0 Å². The summed E-state index contributed by atoms with van der Waals surface area (Å²) < 4.78 is 7.23. The van der Waals surface area contributed by atoms with Gasteiger partial charge in [-0.15, -0.1) is 11.3 Å². The molecule has 8 nitrogen and oxygen atoms in total. The molecule has 0 saturated carbocycles. The third-order valence-corrected chi connectivity index (χ3v) is 7.45. The number of hydrogen-bond donors (Lipinski definition) is 1. The molecular formula is C28H32N6O2S. The first-order valence-electron chi connectivity index (χ1n) is 12.6. The SMILES string of the molecule is Cc1nc(NC(C)c2cccc(OCCN3CCN(CC=O)CC3)c2)cc(-c2ccc3ncsc3c2)n1. The Balaban J connectivity index is 1.19. The van der Waals surface area contributed by atoms with Crippen LogP contribution in [0.25, 0.3) is 21.5 Å². The molecule has 0 amide bonds. The molecule has 0 radical (unpaired) electrons. The van der Waals surface area contributed by atoms with Crippen LogP contribution in [0, 0.1) is 6.92 Å². The van der Waals surface area contributed by atoms with Crippen LogP contribution in [-0.4, -0.2) is 76.9 Å². The highest BCUT2D eigenvalue weighted by Gasteiger charge is 2.16. The van der Waals surface area contributed by atoms with Crippen molar-refractivity contribution in [3.05, 3.63) is 65.4 Å². The molecule has 2 aromatic carbocycles. The molecule has 1 unspecified atom stereocenters. The number of hydrogen-bond acceptors (Lipinski definition) is 9. The van der Waals surface area contributed by atoms with Gasteiger partial charge in [0.25, 0.3) is 0 Å². The number of fused-ring (bicyclic) bond motifs is 1. The minimum atomic E-state index is 0.0422. The van der Waals surface area contributed by atoms with E-state index in [1.165, 1.54) is 0 Å². The number of anilines is 1. The summed E-state index contributed by atoms with van der Waals surface area (Å²) in [6.07, 6.45) is 0.982. The number of aryl methyl sites for hydroxylation is 1. The van der Waals surface area contributed by atoms with Gasteiger partial charge < -0.3 is 14.8 Å². The Hall–Kier alpha value is -3.40. The lowest BCUT2D eigenvalue weighted by Crippen LogP contribution is -2.47. The Morgan fingerprint density at radius 1 is 1.08 bits per heavy atom. The van der Waals surface area contributed by atoms with Gasteiger partial charge in [-0.2, -0.15) is 0 Å². The van der Waals surface area contributed by atoms with E-state index in [9.17, 15) is 4.79 Å². The lowest BCUT2D eigenvalue weighted by Gasteiger charge is -2.33. The average Bonchev–Trinajstić information content (AvgIpc) is 3.38. The molecule has 4 aromatic rings. The van der Waals surface area contributed by atoms with E-state index >= 15 is 0 Å². The molecule has 1 N–H and O–H groups in total. The summed E-state index contributed by atoms with van der Waals surface area (Å²) in [5.74, 6) is 2.38. The maximum absolute atomic E-state index is 10.7. The van der Waals surface area contributed by atoms with Crippen molar-refractivity contribution in [1.82, 2.24) is 24.8 Å². The Labute approximate surface area is 221 Å². The predicted octanol–water partition coefficient (Wildman–Crippen LogP) is 4.43. The second-order valence-corrected chi connectivity index (χ2v) is 10.2. The Morgan fingerprint density at radius 3 is 2.76 bits per heavy atom. The number of nitrogens with one attached hydrogen (secondary N) is 1. The van der Waals surface area contributed by atoms with Crippen LogP contribution in [0.1, 0.15) is 24.4 Å². The fourth-order valence-electron chi connectivity index (χ4n) is 4.58. The molecule has 0 spiro atoms. The minimum absolute atomic E-state index is 0.0422. The molecule has 0 aliphatic carbocycles. The second-order valence-electron chi connectivity index (χ2n) is 9.32. The number of thiazole rings is 1. The Bertz CT molecular complexity index is 1350. The summed E-state index contributed by atoms with van der Waals surface area (Å²) in [6.45, 7) is 9.89. The molecule has 1 aliphatic heterocycles. The van der Waals surface area contributed by atoms with Crippen molar-refractivity contribution in [2.45, 2.75) is 19.9 Å². The number of nitrogens with zero attached hydrogens (tertiary/aromatic N) is 5. The summed E-state index contributed by atoms with van der Waals surface area (Å²) in [5, 5.41) is 3.54. The molecule has 192 valence electrons. The van der Waals surface area contributed by atoms with Gasteiger partial charge in [0.15, 0.2) is 0 Å². The van der Waals surface area contributed by atoms with E-state index < -0.39 is 0 Å². The van der Waals surface area contributed by atoms with Crippen LogP contribution in [0.2, 0.25) is 0 Å². The van der Waals surface area contributed by atoms with Crippen LogP contribution in [0.3, 0.4) is 0 Å². The normalized spacial score (nSPS) is 15.5. The lowest BCUT2D eigenvalue weighted by molar-refractivity contribution is -0.109. The number of aromatic nitrogens is 3. The van der Waals surface area contributed by atoms with Gasteiger partial charge in [-0.3, -0.25) is 9.80 Å². The number of ether oxygens (including phenoxy) is 1. The summed E-state index contributed by atoms with van der Waals surface area (Å²) in [6, 6.07) is 16.5. The van der Waals surface area contributed by atoms with Crippen LogP contribution < -0.4 is 10.1 Å². The van der Waals surface area contributed by atoms with Crippen LogP contribution in [-0.2, 0) is 4.79 Å². The zero-order valence-corrected chi connectivity index (χ0v) is 22.1. The highest BCUT2D eigenvalue weighted by molar-refractivity contribution is 7.16. The van der Waals surface area contributed by atoms with Crippen molar-refractivity contribution in [1.29, 1.82) is 0 Å². The van der Waals surface area contributed by atoms with Crippen molar-refractivity contribution < 1.29 is 9.53 Å². The van der Waals surface area contributed by atoms with Crippen molar-refractivity contribution in [2.75, 3.05) is 51.2 Å². The molecular weight excluding hydrogens is 484 g/mol. The van der Waals surface area contributed by atoms with Crippen LogP contribution in [0.4, 0.5) is 5.82 Å². The van der Waals surface area contributed by atoms with E-state index in [2.05, 4.69) is 61.3 Å². The number of benzene rings is 2. The molecule has 2 aromatic heterocycles. The maximum atomic E-state index is 10.7. The zero-order chi connectivity index (χ0) is 25.6. The first-order chi connectivity index (χ1) is 18.1. The highest BCUT2D eigenvalue weighted by atomic mass is 32.1. The molecule has 37 heavy (non-hydrogen) atoms. The van der Waals surface area contributed by atoms with Gasteiger partial charge in [0.05, 0.1) is 34.0 Å². The van der Waals surface area contributed by atoms with Crippen molar-refractivity contribution in [3.8, 4) is 17.0 Å². The van der Waals surface area contributed by atoms with Gasteiger partial charge in [0.2, 0.25) is 0 Å². The first-order valence-corrected chi connectivity index (χ1v) is 13.5. The summed E-state index contributed by atoms with van der Waals surface area (Å²) in [4.78, 5) is 28.9. The molecule has 1 fully saturated rings. The molecule has 0 bridgehead atoms. The van der Waals surface area contributed by atoms with Gasteiger partial charge in [-0.1, -0.05) is 18.2 Å². The minimum Gasteiger partial charge on any atom is -0.492 e. The largest absolute Gasteiger partial charge is 0.492 e. The summed E-state index contributed by atoms with van der Waals surface area (Å²) in [7, 11) is 0. The van der Waals surface area contributed by atoms with Gasteiger partial charge in [0, 0.05) is 44.4 Å². The first kappa shape index (κ1) is 25.3. The quantitative estimate of drug-likeness (QED) is 0.310. The van der Waals surface area contributed by atoms with Gasteiger partial charge in [0.1, 0.15) is 30.3 Å². The molecule has 1 atom stereocenters. The summed E-state index contributed by atoms with van der Waals surface area (Å²) >= 11 is 1.63. The third kappa shape index (κ3) is 6.49. The highest BCUT2D eigenvalue weighted by Crippen LogP contribution is 2.28. The van der Waals surface area contributed by atoms with Crippen molar-refractivity contribution in [3.63, 3.8) is 0 Å². The number of aldehydes is 1. The fraction of sp³-hybridized carbons (Fsp3) is 0.357. The van der Waals surface area contributed by atoms with Crippen LogP contribution in [0.5, 0.6) is 5.75 Å². The Morgan fingerprint density at radius 2 is 1.92 bits per heavy atom. The summed E-state index contributed by atoms with van der Waals surface area (Å²) in [5.41, 5.74) is 5.94. The van der Waals surface area contributed by atoms with E-state index in [1.807, 2.05) is 36.7 Å². The smallest absolute Gasteiger partial charge is 0.133 e. The van der Waals surface area contributed by atoms with Crippen LogP contribution in [0.15, 0.2) is 54.0 Å². The number of carbonyl (C=O) groups is 1. The number of rotatable bonds is 10. The zero-order valence-electron chi connectivity index (χ0n) is 21.3. The Kier molecular flexibility index (Phi) is 8.03. The van der Waals surface area contributed by atoms with E-state index in [0.29, 0.717) is 13.2 Å². The molecule has 5 rings (SSSR count). The van der Waals surface area contributed by atoms with Crippen LogP contribution >= 0.6 is 11.3 Å². The van der Waals surface area contributed by atoms with E-state index in [4.69, 9.17) is 4.74 Å². The topological polar surface area (TPSA) is 83.5 Å². The second kappa shape index (κ2) is 11.8. The lowest BCUT2D eigenvalue weighted by atomic mass is 10.1. The number of carbonyl (C=O) groups excluding carboxylic acids is 1. The van der Waals surface area contributed by atoms with Crippen molar-refractivity contribution >= 4 is 33.7 Å². The van der Waals surface area contributed by atoms with E-state index in [1.54, 1.807) is 11.3 Å². The van der Waals surface area contributed by atoms with E-state index in [-0.39, 0.29) is 6.04 Å². The standard InChI is InChI=1S/C28H32N6O2S/c1-20(22-4-3-5-24(16-22)36-15-13-34-10-8-33(9-11-34)12-14-35)30-28-18-26(31-21(2)32-28)23-6-7-25-27(17-23)37-19-29-25/h3-7,14,16-20H,8-13,15H2,1-2H3,(H,30,31,32). The maximum Gasteiger partial charge on any atom is 0.133 e. The molecule has 1 aliphatic rings. The van der Waals surface area contributed by atoms with E-state index in [0.717, 1.165) is 83.4 Å². The van der Waals surface area contributed by atoms with Crippen molar-refractivity contribution in [2.24, 2.45) is 0 Å². The fourth-order valence-corrected chi connectivity index (χ4v) is 5.29. The molecule has 3 heterocycles. The number of piperazine rings is 1. The van der Waals surface area contributed by atoms with Gasteiger partial charge in [-0.25, -0.2) is 15.0 Å². The average molecular weight is 517 g/mol. The molecule has 1 saturated heterocycles.